The Labute approximate surface area is 125 Å². The van der Waals surface area contributed by atoms with Crippen molar-refractivity contribution >= 4 is 12.3 Å². The van der Waals surface area contributed by atoms with E-state index in [4.69, 9.17) is 0 Å². The van der Waals surface area contributed by atoms with E-state index in [1.807, 2.05) is 4.57 Å². The second-order valence-electron chi connectivity index (χ2n) is 4.77. The minimum atomic E-state index is -2.99. The van der Waals surface area contributed by atoms with Crippen LogP contribution in [0.25, 0.3) is 12.3 Å². The minimum absolute atomic E-state index is 0.0641. The number of aromatic hydroxyl groups is 1. The summed E-state index contributed by atoms with van der Waals surface area (Å²) in [5, 5.41) is 9.64. The van der Waals surface area contributed by atoms with Crippen LogP contribution in [-0.4, -0.2) is 16.3 Å². The fourth-order valence-electron chi connectivity index (χ4n) is 2.10. The van der Waals surface area contributed by atoms with Gasteiger partial charge in [-0.1, -0.05) is 6.07 Å². The number of aryl methyl sites for hydroxylation is 2. The van der Waals surface area contributed by atoms with Crippen LogP contribution in [0.1, 0.15) is 17.0 Å². The highest BCUT2D eigenvalue weighted by Gasteiger charge is 2.08. The first-order valence-electron chi connectivity index (χ1n) is 6.52. The van der Waals surface area contributed by atoms with E-state index in [1.165, 1.54) is 24.3 Å². The zero-order valence-corrected chi connectivity index (χ0v) is 12.1. The van der Waals surface area contributed by atoms with Gasteiger partial charge in [0.05, 0.1) is 0 Å². The molecule has 4 nitrogen and oxygen atoms in total. The van der Waals surface area contributed by atoms with E-state index in [9.17, 15) is 18.7 Å². The average Bonchev–Trinajstić information content (AvgIpc) is 2.40. The maximum Gasteiger partial charge on any atom is 0.387 e. The molecule has 0 amide bonds. The maximum atomic E-state index is 12.1. The second kappa shape index (κ2) is 6.43. The molecule has 2 aromatic rings. The predicted molar refractivity (Wildman–Crippen MR) is 80.1 cm³/mol. The number of hydrogen-bond donors (Lipinski definition) is 1. The van der Waals surface area contributed by atoms with Crippen LogP contribution < -0.4 is 10.2 Å². The smallest absolute Gasteiger partial charge is 0.387 e. The number of ether oxygens (including phenoxy) is 1. The van der Waals surface area contributed by atoms with Gasteiger partial charge in [0.25, 0.3) is 0 Å². The molecule has 0 unspecified atom stereocenters. The summed E-state index contributed by atoms with van der Waals surface area (Å²) in [5.41, 5.74) is 2.08. The number of hydrogen-bond acceptors (Lipinski definition) is 3. The van der Waals surface area contributed by atoms with Crippen LogP contribution in [0, 0.1) is 13.8 Å². The van der Waals surface area contributed by atoms with Crippen LogP contribution in [0.3, 0.4) is 0 Å². The van der Waals surface area contributed by atoms with Crippen molar-refractivity contribution in [3.63, 3.8) is 0 Å². The van der Waals surface area contributed by atoms with Crippen LogP contribution in [0.4, 0.5) is 8.78 Å². The molecule has 0 fully saturated rings. The predicted octanol–water partition coefficient (Wildman–Crippen LogP) is 3.40. The van der Waals surface area contributed by atoms with Crippen molar-refractivity contribution in [3.05, 3.63) is 57.5 Å². The Morgan fingerprint density at radius 3 is 2.36 bits per heavy atom. The Hall–Kier alpha value is -2.63. The molecule has 0 aliphatic heterocycles. The van der Waals surface area contributed by atoms with E-state index in [0.29, 0.717) is 5.56 Å². The molecule has 1 N–H and O–H groups in total. The number of phenolic OH excluding ortho intramolecular Hbond substituents is 1. The second-order valence-corrected chi connectivity index (χ2v) is 4.77. The van der Waals surface area contributed by atoms with E-state index in [0.717, 1.165) is 11.4 Å². The third-order valence-corrected chi connectivity index (χ3v) is 3.08. The number of alkyl halides is 2. The Bertz CT molecular complexity index is 740. The molecule has 0 spiro atoms. The molecular weight excluding hydrogens is 292 g/mol. The molecule has 0 saturated carbocycles. The summed E-state index contributed by atoms with van der Waals surface area (Å²) < 4.78 is 30.2. The van der Waals surface area contributed by atoms with Gasteiger partial charge in [0, 0.05) is 29.7 Å². The molecule has 1 aromatic heterocycles. The Kier molecular flexibility index (Phi) is 4.60. The fraction of sp³-hybridized carbons (Fsp3) is 0.188. The van der Waals surface area contributed by atoms with Gasteiger partial charge in [-0.2, -0.15) is 8.78 Å². The number of rotatable bonds is 4. The molecule has 0 radical (unpaired) electrons. The van der Waals surface area contributed by atoms with E-state index in [1.54, 1.807) is 32.2 Å². The summed E-state index contributed by atoms with van der Waals surface area (Å²) in [6.07, 6.45) is 3.42. The van der Waals surface area contributed by atoms with Crippen LogP contribution in [0.2, 0.25) is 0 Å². The lowest BCUT2D eigenvalue weighted by atomic mass is 10.2. The topological polar surface area (TPSA) is 51.5 Å². The summed E-state index contributed by atoms with van der Waals surface area (Å²) in [5.74, 6) is -0.640. The number of nitrogens with zero attached hydrogens (tertiary/aromatic N) is 1. The molecule has 22 heavy (non-hydrogen) atoms. The molecule has 0 saturated heterocycles. The largest absolute Gasteiger partial charge is 0.504 e. The summed E-state index contributed by atoms with van der Waals surface area (Å²) >= 11 is 0. The molecule has 1 aromatic carbocycles. The van der Waals surface area contributed by atoms with E-state index >= 15 is 0 Å². The molecule has 0 atom stereocenters. The first kappa shape index (κ1) is 15.8. The van der Waals surface area contributed by atoms with Crippen molar-refractivity contribution in [3.8, 4) is 11.5 Å². The number of pyridine rings is 1. The molecule has 116 valence electrons. The lowest BCUT2D eigenvalue weighted by molar-refractivity contribution is -0.0512. The summed E-state index contributed by atoms with van der Waals surface area (Å²) in [6, 6.07) is 7.15. The van der Waals surface area contributed by atoms with Gasteiger partial charge in [0.15, 0.2) is 16.9 Å². The lowest BCUT2D eigenvalue weighted by Crippen LogP contribution is -2.08. The summed E-state index contributed by atoms with van der Waals surface area (Å²) in [6.45, 7) is 0.615. The van der Waals surface area contributed by atoms with Gasteiger partial charge in [-0.25, -0.2) is 0 Å². The van der Waals surface area contributed by atoms with E-state index < -0.39 is 6.61 Å². The molecule has 1 heterocycles. The van der Waals surface area contributed by atoms with Gasteiger partial charge in [0.1, 0.15) is 0 Å². The fourth-order valence-corrected chi connectivity index (χ4v) is 2.10. The first-order valence-corrected chi connectivity index (χ1v) is 6.52. The van der Waals surface area contributed by atoms with Crippen LogP contribution >= 0.6 is 0 Å². The summed E-state index contributed by atoms with van der Waals surface area (Å²) in [7, 11) is 0. The normalized spacial score (nSPS) is 11.3. The maximum absolute atomic E-state index is 12.1. The molecule has 0 aliphatic rings. The van der Waals surface area contributed by atoms with Gasteiger partial charge < -0.3 is 14.4 Å². The minimum Gasteiger partial charge on any atom is -0.504 e. The van der Waals surface area contributed by atoms with Gasteiger partial charge in [0.2, 0.25) is 0 Å². The Morgan fingerprint density at radius 2 is 1.82 bits per heavy atom. The highest BCUT2D eigenvalue weighted by atomic mass is 19.3. The number of phenols is 1. The first-order chi connectivity index (χ1) is 10.4. The number of benzene rings is 1. The molecule has 6 heteroatoms. The van der Waals surface area contributed by atoms with E-state index in [-0.39, 0.29) is 16.9 Å². The van der Waals surface area contributed by atoms with Crippen molar-refractivity contribution < 1.29 is 18.6 Å². The molecule has 0 aliphatic carbocycles. The van der Waals surface area contributed by atoms with Gasteiger partial charge >= 0.3 is 6.61 Å². The number of aromatic nitrogens is 1. The van der Waals surface area contributed by atoms with Crippen molar-refractivity contribution in [2.24, 2.45) is 0 Å². The van der Waals surface area contributed by atoms with Gasteiger partial charge in [-0.15, -0.1) is 0 Å². The van der Waals surface area contributed by atoms with Gasteiger partial charge in [-0.3, -0.25) is 4.79 Å². The third-order valence-electron chi connectivity index (χ3n) is 3.08. The van der Waals surface area contributed by atoms with Crippen LogP contribution in [-0.2, 0) is 0 Å². The molecular formula is C16H15F2NO3. The number of halogens is 2. The molecule has 2 rings (SSSR count). The lowest BCUT2D eigenvalue weighted by Gasteiger charge is -2.09. The van der Waals surface area contributed by atoms with Crippen molar-refractivity contribution in [1.82, 2.24) is 4.57 Å². The van der Waals surface area contributed by atoms with Crippen LogP contribution in [0.5, 0.6) is 11.5 Å². The average molecular weight is 307 g/mol. The highest BCUT2D eigenvalue weighted by molar-refractivity contribution is 5.64. The highest BCUT2D eigenvalue weighted by Crippen LogP contribution is 2.28. The zero-order valence-electron chi connectivity index (χ0n) is 12.1. The van der Waals surface area contributed by atoms with Crippen molar-refractivity contribution in [2.75, 3.05) is 0 Å². The van der Waals surface area contributed by atoms with E-state index in [2.05, 4.69) is 4.74 Å². The third kappa shape index (κ3) is 3.72. The van der Waals surface area contributed by atoms with Crippen molar-refractivity contribution in [2.45, 2.75) is 20.5 Å². The van der Waals surface area contributed by atoms with Gasteiger partial charge in [-0.05, 0) is 37.6 Å². The SMILES string of the molecule is Cc1cc(=O)cc(C)n1C=Cc1ccc(OC(F)F)c(O)c1. The zero-order chi connectivity index (χ0) is 16.3. The Balaban J connectivity index is 2.28. The van der Waals surface area contributed by atoms with Crippen molar-refractivity contribution in [1.29, 1.82) is 0 Å². The monoisotopic (exact) mass is 307 g/mol. The molecule has 0 bridgehead atoms. The Morgan fingerprint density at radius 1 is 1.18 bits per heavy atom. The summed E-state index contributed by atoms with van der Waals surface area (Å²) in [4.78, 5) is 11.4. The standard InChI is InChI=1S/C16H15F2NO3/c1-10-7-13(20)8-11(2)19(10)6-5-12-3-4-15(14(21)9-12)22-16(17)18/h3-9,16,21H,1-2H3. The van der Waals surface area contributed by atoms with Crippen LogP contribution in [0.15, 0.2) is 35.1 Å². The quantitative estimate of drug-likeness (QED) is 0.942.